The third-order valence-electron chi connectivity index (χ3n) is 4.43. The number of aliphatic imine (C=N–C) groups is 1. The van der Waals surface area contributed by atoms with E-state index in [1.165, 1.54) is 30.1 Å². The lowest BCUT2D eigenvalue weighted by Gasteiger charge is -2.31. The number of amidine groups is 1. The Bertz CT molecular complexity index is 1160. The van der Waals surface area contributed by atoms with Crippen LogP contribution < -0.4 is 10.6 Å². The number of thioether (sulfide) groups is 1. The van der Waals surface area contributed by atoms with Crippen molar-refractivity contribution in [2.75, 3.05) is 5.32 Å². The minimum absolute atomic E-state index is 0.183. The monoisotopic (exact) mass is 464 g/mol. The summed E-state index contributed by atoms with van der Waals surface area (Å²) < 4.78 is 5.31. The van der Waals surface area contributed by atoms with Gasteiger partial charge in [0, 0.05) is 24.5 Å². The van der Waals surface area contributed by atoms with Crippen LogP contribution in [0.1, 0.15) is 55.9 Å². The molecule has 0 radical (unpaired) electrons. The molecule has 3 rings (SSSR count). The number of ether oxygens (including phenoxy) is 1. The van der Waals surface area contributed by atoms with E-state index in [2.05, 4.69) is 27.2 Å². The molecule has 2 aromatic heterocycles. The van der Waals surface area contributed by atoms with E-state index in [0.29, 0.717) is 28.5 Å². The minimum atomic E-state index is -0.805. The Kier molecular flexibility index (Phi) is 6.84. The van der Waals surface area contributed by atoms with Gasteiger partial charge in [-0.25, -0.2) is 14.8 Å². The summed E-state index contributed by atoms with van der Waals surface area (Å²) in [7, 11) is 0. The van der Waals surface area contributed by atoms with Crippen molar-refractivity contribution in [3.8, 4) is 6.07 Å². The van der Waals surface area contributed by atoms with E-state index >= 15 is 0 Å². The van der Waals surface area contributed by atoms with E-state index in [1.54, 1.807) is 39.1 Å². The van der Waals surface area contributed by atoms with Crippen LogP contribution in [0.25, 0.3) is 0 Å². The third kappa shape index (κ3) is 6.40. The van der Waals surface area contributed by atoms with E-state index in [9.17, 15) is 9.59 Å². The van der Waals surface area contributed by atoms with E-state index in [1.807, 2.05) is 13.0 Å². The predicted octanol–water partition coefficient (Wildman–Crippen LogP) is 4.35. The number of aromatic nitrogens is 2. The number of hydrogen-bond acceptors (Lipinski definition) is 8. The molecule has 0 spiro atoms. The Balaban J connectivity index is 1.80. The number of amides is 2. The van der Waals surface area contributed by atoms with E-state index in [4.69, 9.17) is 15.0 Å². The topological polar surface area (TPSA) is 129 Å². The Labute approximate surface area is 196 Å². The van der Waals surface area contributed by atoms with E-state index in [0.717, 1.165) is 4.91 Å². The summed E-state index contributed by atoms with van der Waals surface area (Å²) in [6, 6.07) is 8.35. The lowest BCUT2D eigenvalue weighted by molar-refractivity contribution is 0.0564. The highest BCUT2D eigenvalue weighted by Gasteiger charge is 2.34. The molecule has 1 atom stereocenters. The first-order valence-corrected chi connectivity index (χ1v) is 10.9. The van der Waals surface area contributed by atoms with E-state index < -0.39 is 23.1 Å². The van der Waals surface area contributed by atoms with Gasteiger partial charge in [-0.2, -0.15) is 5.26 Å². The van der Waals surface area contributed by atoms with Gasteiger partial charge in [-0.1, -0.05) is 18.3 Å². The molecule has 0 bridgehead atoms. The van der Waals surface area contributed by atoms with Gasteiger partial charge in [0.15, 0.2) is 5.17 Å². The summed E-state index contributed by atoms with van der Waals surface area (Å²) in [6.45, 7) is 11.3. The van der Waals surface area contributed by atoms with Gasteiger partial charge < -0.3 is 10.1 Å². The number of rotatable bonds is 3. The second-order valence-electron chi connectivity index (χ2n) is 8.56. The number of carbonyl (C=O) groups is 2. The number of alkyl carbamates (subject to hydrolysis) is 1. The molecule has 0 fully saturated rings. The zero-order valence-corrected chi connectivity index (χ0v) is 19.6. The summed E-state index contributed by atoms with van der Waals surface area (Å²) >= 11 is 1.27. The maximum atomic E-state index is 12.5. The Morgan fingerprint density at radius 2 is 2.00 bits per heavy atom. The van der Waals surface area contributed by atoms with Crippen molar-refractivity contribution in [3.63, 3.8) is 0 Å². The SMILES string of the molecule is C=C1C[C@@](C)(c2cc(NC(=O)c3ccc(C#N)cn3)ccn2)N=C(NC(=O)OC(C)(C)C)S1. The van der Waals surface area contributed by atoms with Crippen molar-refractivity contribution in [1.29, 1.82) is 5.26 Å². The maximum absolute atomic E-state index is 12.5. The number of nitrogens with zero attached hydrogens (tertiary/aromatic N) is 4. The van der Waals surface area contributed by atoms with Gasteiger partial charge in [-0.05, 0) is 56.9 Å². The van der Waals surface area contributed by atoms with Crippen molar-refractivity contribution < 1.29 is 14.3 Å². The number of nitrogens with one attached hydrogen (secondary N) is 2. The molecule has 0 aromatic carbocycles. The highest BCUT2D eigenvalue weighted by atomic mass is 32.2. The number of carbonyl (C=O) groups excluding carboxylic acids is 2. The summed E-state index contributed by atoms with van der Waals surface area (Å²) in [4.78, 5) is 38.7. The summed E-state index contributed by atoms with van der Waals surface area (Å²) in [5, 5.41) is 14.7. The van der Waals surface area contributed by atoms with Gasteiger partial charge >= 0.3 is 6.09 Å². The molecule has 0 saturated carbocycles. The van der Waals surface area contributed by atoms with Crippen LogP contribution in [0.2, 0.25) is 0 Å². The lowest BCUT2D eigenvalue weighted by Crippen LogP contribution is -2.38. The van der Waals surface area contributed by atoms with Crippen LogP contribution in [0.5, 0.6) is 0 Å². The minimum Gasteiger partial charge on any atom is -0.444 e. The second-order valence-corrected chi connectivity index (χ2v) is 9.73. The molecule has 9 nitrogen and oxygen atoms in total. The van der Waals surface area contributed by atoms with Crippen molar-refractivity contribution in [2.45, 2.75) is 45.3 Å². The summed E-state index contributed by atoms with van der Waals surface area (Å²) in [5.74, 6) is -0.416. The number of hydrogen-bond donors (Lipinski definition) is 2. The van der Waals surface area contributed by atoms with Crippen LogP contribution >= 0.6 is 11.8 Å². The first-order chi connectivity index (χ1) is 15.5. The Morgan fingerprint density at radius 1 is 1.24 bits per heavy atom. The quantitative estimate of drug-likeness (QED) is 0.691. The van der Waals surface area contributed by atoms with Gasteiger partial charge in [0.2, 0.25) is 0 Å². The van der Waals surface area contributed by atoms with Gasteiger partial charge in [-0.3, -0.25) is 15.1 Å². The first-order valence-electron chi connectivity index (χ1n) is 10.1. The average Bonchev–Trinajstić information content (AvgIpc) is 2.72. The largest absolute Gasteiger partial charge is 0.444 e. The highest BCUT2D eigenvalue weighted by Crippen LogP contribution is 2.40. The molecule has 2 aromatic rings. The first kappa shape index (κ1) is 23.9. The molecule has 10 heteroatoms. The fourth-order valence-corrected chi connectivity index (χ4v) is 4.04. The van der Waals surface area contributed by atoms with Gasteiger partial charge in [0.05, 0.1) is 11.3 Å². The molecular weight excluding hydrogens is 440 g/mol. The third-order valence-corrected chi connectivity index (χ3v) is 5.25. The van der Waals surface area contributed by atoms with Crippen LogP contribution in [0.4, 0.5) is 10.5 Å². The van der Waals surface area contributed by atoms with Crippen LogP contribution in [0, 0.1) is 11.3 Å². The average molecular weight is 465 g/mol. The molecule has 1 aliphatic heterocycles. The van der Waals surface area contributed by atoms with Gasteiger partial charge in [0.1, 0.15) is 22.9 Å². The summed E-state index contributed by atoms with van der Waals surface area (Å²) in [6.07, 6.45) is 2.81. The molecule has 1 aliphatic rings. The molecule has 2 amide bonds. The molecular formula is C23H24N6O3S. The zero-order valence-electron chi connectivity index (χ0n) is 18.8. The van der Waals surface area contributed by atoms with Crippen LogP contribution in [0.3, 0.4) is 0 Å². The molecule has 0 saturated heterocycles. The lowest BCUT2D eigenvalue weighted by atomic mass is 9.93. The Hall–Kier alpha value is -3.71. The van der Waals surface area contributed by atoms with Gasteiger partial charge in [-0.15, -0.1) is 0 Å². The van der Waals surface area contributed by atoms with Crippen LogP contribution in [-0.4, -0.2) is 32.7 Å². The molecule has 33 heavy (non-hydrogen) atoms. The number of pyridine rings is 2. The van der Waals surface area contributed by atoms with Crippen molar-refractivity contribution in [2.24, 2.45) is 4.99 Å². The van der Waals surface area contributed by atoms with Crippen LogP contribution in [-0.2, 0) is 10.3 Å². The van der Waals surface area contributed by atoms with Crippen molar-refractivity contribution in [1.82, 2.24) is 15.3 Å². The summed E-state index contributed by atoms with van der Waals surface area (Å²) in [5.41, 5.74) is 0.219. The zero-order chi connectivity index (χ0) is 24.2. The van der Waals surface area contributed by atoms with Crippen molar-refractivity contribution in [3.05, 3.63) is 65.1 Å². The standard InChI is InChI=1S/C23H24N6O3S/c1-14-11-23(5,29-20(33-14)28-21(31)32-22(2,3)4)18-10-16(8-9-25-18)27-19(30)17-7-6-15(12-24)13-26-17/h6-10,13H,1,11H2,2-5H3,(H,25,27,30)(H,28,29,31)/t23-/m0/s1. The smallest absolute Gasteiger partial charge is 0.413 e. The number of nitriles is 1. The molecule has 3 heterocycles. The molecule has 2 N–H and O–H groups in total. The highest BCUT2D eigenvalue weighted by molar-refractivity contribution is 8.17. The maximum Gasteiger partial charge on any atom is 0.413 e. The van der Waals surface area contributed by atoms with Gasteiger partial charge in [0.25, 0.3) is 5.91 Å². The van der Waals surface area contributed by atoms with E-state index in [-0.39, 0.29) is 5.69 Å². The fourth-order valence-electron chi connectivity index (χ4n) is 3.03. The number of anilines is 1. The fraction of sp³-hybridized carbons (Fsp3) is 0.304. The molecule has 170 valence electrons. The second kappa shape index (κ2) is 9.42. The predicted molar refractivity (Wildman–Crippen MR) is 127 cm³/mol. The molecule has 0 aliphatic carbocycles. The Morgan fingerprint density at radius 3 is 2.64 bits per heavy atom. The van der Waals surface area contributed by atoms with Crippen molar-refractivity contribution >= 4 is 34.6 Å². The molecule has 0 unspecified atom stereocenters. The normalized spacial score (nSPS) is 18.0. The van der Waals surface area contributed by atoms with Crippen LogP contribution in [0.15, 0.2) is 53.1 Å².